The number of nitrogens with one attached hydrogen (secondary N) is 1. The highest BCUT2D eigenvalue weighted by molar-refractivity contribution is 5.90. The maximum Gasteiger partial charge on any atom is 0.279 e. The van der Waals surface area contributed by atoms with E-state index in [1.54, 1.807) is 10.9 Å². The van der Waals surface area contributed by atoms with E-state index in [1.165, 1.54) is 32.1 Å². The third-order valence-corrected chi connectivity index (χ3v) is 8.55. The van der Waals surface area contributed by atoms with Crippen molar-refractivity contribution in [3.8, 4) is 11.8 Å². The van der Waals surface area contributed by atoms with Crippen molar-refractivity contribution in [3.63, 3.8) is 0 Å². The van der Waals surface area contributed by atoms with Crippen LogP contribution in [0.2, 0.25) is 0 Å². The number of aromatic nitrogens is 5. The third-order valence-electron chi connectivity index (χ3n) is 8.55. The monoisotopic (exact) mass is 523 g/mol. The lowest BCUT2D eigenvalue weighted by Crippen LogP contribution is -2.29. The molecular weight excluding hydrogens is 486 g/mol. The normalized spacial score (nSPS) is 21.2. The summed E-state index contributed by atoms with van der Waals surface area (Å²) in [5.41, 5.74) is 4.06. The van der Waals surface area contributed by atoms with Gasteiger partial charge in [-0.05, 0) is 81.1 Å². The van der Waals surface area contributed by atoms with Gasteiger partial charge in [-0.25, -0.2) is 0 Å². The van der Waals surface area contributed by atoms with Crippen LogP contribution in [0.25, 0.3) is 16.6 Å². The van der Waals surface area contributed by atoms with Gasteiger partial charge in [-0.1, -0.05) is 31.5 Å². The number of fused-ring (bicyclic) bond motifs is 1. The molecule has 0 radical (unpaired) electrons. The molecule has 0 amide bonds. The standard InChI is InChI=1S/C23H24N4O.C8H13N3/c24-13-18-20(15-26-11-5-2-6-12-26)25-22-21(18)19(16-9-10-16)14-27(23(22)28)17-7-3-1-4-8-17;1-6-3-7(4-6)8-10-9-5-11(8)2/h1,3-4,7-8,14,16,25H,2,5-6,9-12,15H2;5-7H,3-4H2,1-2H3. The van der Waals surface area contributed by atoms with Gasteiger partial charge in [0.2, 0.25) is 0 Å². The van der Waals surface area contributed by atoms with E-state index in [0.717, 1.165) is 60.0 Å². The largest absolute Gasteiger partial charge is 0.352 e. The SMILES string of the molecule is CC1CC(c2nncn2C)C1.N#Cc1c(CN2CCCCC2)[nH]c2c(=O)n(-c3ccccc3)cc(C3CC3)c12. The highest BCUT2D eigenvalue weighted by atomic mass is 16.1. The molecule has 0 unspecified atom stereocenters. The minimum atomic E-state index is -0.0769. The molecule has 0 spiro atoms. The first-order valence-electron chi connectivity index (χ1n) is 14.3. The Hall–Kier alpha value is -3.70. The Morgan fingerprint density at radius 3 is 2.44 bits per heavy atom. The average molecular weight is 524 g/mol. The van der Waals surface area contributed by atoms with Crippen molar-refractivity contribution in [2.75, 3.05) is 13.1 Å². The van der Waals surface area contributed by atoms with Gasteiger partial charge in [0, 0.05) is 42.5 Å². The molecule has 3 aliphatic rings. The fourth-order valence-corrected chi connectivity index (χ4v) is 6.23. The third kappa shape index (κ3) is 5.16. The van der Waals surface area contributed by atoms with Crippen molar-refractivity contribution in [1.82, 2.24) is 29.2 Å². The fraction of sp³-hybridized carbons (Fsp3) is 0.484. The van der Waals surface area contributed by atoms with Gasteiger partial charge in [0.05, 0.1) is 5.56 Å². The summed E-state index contributed by atoms with van der Waals surface area (Å²) in [6.45, 7) is 5.12. The number of H-pyrrole nitrogens is 1. The quantitative estimate of drug-likeness (QED) is 0.379. The number of nitrogens with zero attached hydrogens (tertiary/aromatic N) is 6. The highest BCUT2D eigenvalue weighted by Gasteiger charge is 2.31. The summed E-state index contributed by atoms with van der Waals surface area (Å²) in [6.07, 6.45) is 12.3. The van der Waals surface area contributed by atoms with Crippen LogP contribution >= 0.6 is 0 Å². The minimum Gasteiger partial charge on any atom is -0.352 e. The summed E-state index contributed by atoms with van der Waals surface area (Å²) in [4.78, 5) is 19.1. The second-order valence-corrected chi connectivity index (χ2v) is 11.6. The predicted octanol–water partition coefficient (Wildman–Crippen LogP) is 5.38. The van der Waals surface area contributed by atoms with Gasteiger partial charge in [0.1, 0.15) is 23.7 Å². The molecule has 1 aromatic carbocycles. The Kier molecular flexibility index (Phi) is 7.09. The summed E-state index contributed by atoms with van der Waals surface area (Å²) >= 11 is 0. The molecule has 2 saturated carbocycles. The van der Waals surface area contributed by atoms with Gasteiger partial charge in [-0.2, -0.15) is 5.26 Å². The van der Waals surface area contributed by atoms with Crippen LogP contribution in [0.5, 0.6) is 0 Å². The predicted molar refractivity (Wildman–Crippen MR) is 152 cm³/mol. The van der Waals surface area contributed by atoms with Gasteiger partial charge >= 0.3 is 0 Å². The Labute approximate surface area is 229 Å². The number of aromatic amines is 1. The smallest absolute Gasteiger partial charge is 0.279 e. The van der Waals surface area contributed by atoms with E-state index >= 15 is 0 Å². The van der Waals surface area contributed by atoms with Gasteiger partial charge in [-0.3, -0.25) is 14.3 Å². The zero-order valence-corrected chi connectivity index (χ0v) is 22.9. The van der Waals surface area contributed by atoms with Crippen LogP contribution in [0.3, 0.4) is 0 Å². The molecule has 1 aliphatic heterocycles. The summed E-state index contributed by atoms with van der Waals surface area (Å²) in [6, 6.07) is 12.2. The summed E-state index contributed by atoms with van der Waals surface area (Å²) in [5.74, 6) is 3.17. The van der Waals surface area contributed by atoms with E-state index in [2.05, 4.69) is 33.1 Å². The number of piperidine rings is 1. The maximum atomic E-state index is 13.3. The number of likely N-dealkylation sites (tertiary alicyclic amines) is 1. The molecule has 39 heavy (non-hydrogen) atoms. The molecule has 3 aromatic heterocycles. The van der Waals surface area contributed by atoms with Crippen LogP contribution in [-0.2, 0) is 13.6 Å². The average Bonchev–Trinajstić information content (AvgIpc) is 3.60. The number of benzene rings is 1. The number of hydrogen-bond donors (Lipinski definition) is 1. The number of aryl methyl sites for hydroxylation is 1. The molecule has 3 fully saturated rings. The Bertz CT molecular complexity index is 1540. The molecular formula is C31H37N7O. The van der Waals surface area contributed by atoms with E-state index in [0.29, 0.717) is 29.5 Å². The molecule has 8 nitrogen and oxygen atoms in total. The first-order chi connectivity index (χ1) is 19.0. The van der Waals surface area contributed by atoms with Gasteiger partial charge < -0.3 is 9.55 Å². The molecule has 0 bridgehead atoms. The first-order valence-corrected chi connectivity index (χ1v) is 14.3. The fourth-order valence-electron chi connectivity index (χ4n) is 6.23. The lowest BCUT2D eigenvalue weighted by molar-refractivity contribution is 0.219. The molecule has 0 atom stereocenters. The second kappa shape index (κ2) is 10.8. The highest BCUT2D eigenvalue weighted by Crippen LogP contribution is 2.44. The zero-order chi connectivity index (χ0) is 26.9. The topological polar surface area (TPSA) is 95.5 Å². The molecule has 4 heterocycles. The molecule has 2 aliphatic carbocycles. The van der Waals surface area contributed by atoms with E-state index in [9.17, 15) is 10.1 Å². The first kappa shape index (κ1) is 25.6. The second-order valence-electron chi connectivity index (χ2n) is 11.6. The van der Waals surface area contributed by atoms with Gasteiger partial charge in [0.15, 0.2) is 0 Å². The molecule has 8 heteroatoms. The van der Waals surface area contributed by atoms with E-state index < -0.39 is 0 Å². The molecule has 4 aromatic rings. The van der Waals surface area contributed by atoms with Crippen molar-refractivity contribution in [2.24, 2.45) is 13.0 Å². The van der Waals surface area contributed by atoms with Crippen LogP contribution in [0, 0.1) is 17.2 Å². The Morgan fingerprint density at radius 1 is 1.08 bits per heavy atom. The number of para-hydroxylation sites is 1. The van der Waals surface area contributed by atoms with Crippen LogP contribution < -0.4 is 5.56 Å². The Morgan fingerprint density at radius 2 is 1.82 bits per heavy atom. The van der Waals surface area contributed by atoms with Crippen LogP contribution in [-0.4, -0.2) is 42.3 Å². The van der Waals surface area contributed by atoms with Crippen LogP contribution in [0.4, 0.5) is 0 Å². The van der Waals surface area contributed by atoms with Crippen molar-refractivity contribution < 1.29 is 0 Å². The van der Waals surface area contributed by atoms with Gasteiger partial charge in [0.25, 0.3) is 5.56 Å². The molecule has 1 saturated heterocycles. The lowest BCUT2D eigenvalue weighted by atomic mass is 9.76. The Balaban J connectivity index is 0.000000210. The number of nitriles is 1. The van der Waals surface area contributed by atoms with Crippen molar-refractivity contribution >= 4 is 10.9 Å². The molecule has 1 N–H and O–H groups in total. The van der Waals surface area contributed by atoms with Crippen molar-refractivity contribution in [2.45, 2.75) is 70.3 Å². The summed E-state index contributed by atoms with van der Waals surface area (Å²) in [7, 11) is 2.01. The number of rotatable bonds is 5. The zero-order valence-electron chi connectivity index (χ0n) is 22.9. The lowest BCUT2D eigenvalue weighted by Gasteiger charge is -2.31. The van der Waals surface area contributed by atoms with Gasteiger partial charge in [-0.15, -0.1) is 10.2 Å². The number of hydrogen-bond acceptors (Lipinski definition) is 5. The van der Waals surface area contributed by atoms with E-state index in [-0.39, 0.29) is 5.56 Å². The maximum absolute atomic E-state index is 13.3. The minimum absolute atomic E-state index is 0.0769. The van der Waals surface area contributed by atoms with E-state index in [4.69, 9.17) is 0 Å². The van der Waals surface area contributed by atoms with Crippen molar-refractivity contribution in [1.29, 1.82) is 5.26 Å². The summed E-state index contributed by atoms with van der Waals surface area (Å²) in [5, 5.41) is 18.7. The van der Waals surface area contributed by atoms with Crippen LogP contribution in [0.15, 0.2) is 47.7 Å². The summed E-state index contributed by atoms with van der Waals surface area (Å²) < 4.78 is 3.76. The van der Waals surface area contributed by atoms with Crippen molar-refractivity contribution in [3.05, 3.63) is 75.9 Å². The number of pyridine rings is 1. The molecule has 202 valence electrons. The van der Waals surface area contributed by atoms with E-state index in [1.807, 2.05) is 48.1 Å². The van der Waals surface area contributed by atoms with Crippen LogP contribution in [0.1, 0.15) is 86.4 Å². The molecule has 7 rings (SSSR count).